The number of benzene rings is 2. The van der Waals surface area contributed by atoms with E-state index in [1.54, 1.807) is 0 Å². The topological polar surface area (TPSA) is 49.7 Å². The van der Waals surface area contributed by atoms with Crippen molar-refractivity contribution < 1.29 is 22.3 Å². The number of alkyl halides is 3. The predicted molar refractivity (Wildman–Crippen MR) is 131 cm³/mol. The lowest BCUT2D eigenvalue weighted by Gasteiger charge is -2.22. The standard InChI is InChI=1S/C26H24ClF4N3O/c1-3-20-13-24(15(2)32-9-8-16-14-33-23-7-5-19(27)12-21(16)23)34-25(35-20)11-17-10-18(26(29,30)31)4-6-22(17)28/h4-7,10,12-14,20,33H,3,8-9,11H2,1-2H3. The number of nitrogens with one attached hydrogen (secondary N) is 1. The number of nitrogens with zero attached hydrogens (tertiary/aromatic N) is 2. The van der Waals surface area contributed by atoms with Gasteiger partial charge >= 0.3 is 6.18 Å². The highest BCUT2D eigenvalue weighted by Gasteiger charge is 2.31. The van der Waals surface area contributed by atoms with Crippen molar-refractivity contribution in [2.45, 2.75) is 45.4 Å². The Morgan fingerprint density at radius 3 is 2.71 bits per heavy atom. The molecule has 0 fully saturated rings. The number of rotatable bonds is 7. The zero-order chi connectivity index (χ0) is 25.2. The molecule has 184 valence electrons. The van der Waals surface area contributed by atoms with Crippen molar-refractivity contribution in [3.8, 4) is 0 Å². The second-order valence-corrected chi connectivity index (χ2v) is 8.76. The summed E-state index contributed by atoms with van der Waals surface area (Å²) in [7, 11) is 0. The number of fused-ring (bicyclic) bond motifs is 1. The molecule has 0 amide bonds. The molecule has 1 aliphatic heterocycles. The van der Waals surface area contributed by atoms with Gasteiger partial charge in [0.2, 0.25) is 0 Å². The molecule has 1 unspecified atom stereocenters. The van der Waals surface area contributed by atoms with Crippen molar-refractivity contribution in [2.24, 2.45) is 9.98 Å². The zero-order valence-electron chi connectivity index (χ0n) is 19.2. The molecule has 9 heteroatoms. The van der Waals surface area contributed by atoms with Crippen molar-refractivity contribution in [3.05, 3.63) is 81.9 Å². The van der Waals surface area contributed by atoms with Crippen LogP contribution in [0.1, 0.15) is 37.0 Å². The molecule has 0 bridgehead atoms. The third-order valence-electron chi connectivity index (χ3n) is 5.82. The maximum absolute atomic E-state index is 14.3. The van der Waals surface area contributed by atoms with Gasteiger partial charge in [-0.1, -0.05) is 18.5 Å². The van der Waals surface area contributed by atoms with Gasteiger partial charge in [-0.15, -0.1) is 0 Å². The molecule has 0 spiro atoms. The third kappa shape index (κ3) is 5.93. The maximum atomic E-state index is 14.3. The molecule has 0 aliphatic carbocycles. The average molecular weight is 506 g/mol. The number of allylic oxidation sites excluding steroid dienone is 1. The molecule has 0 saturated heterocycles. The Labute approximate surface area is 205 Å². The minimum absolute atomic E-state index is 0.123. The third-order valence-corrected chi connectivity index (χ3v) is 6.06. The summed E-state index contributed by atoms with van der Waals surface area (Å²) in [6.45, 7) is 4.25. The zero-order valence-corrected chi connectivity index (χ0v) is 20.0. The normalized spacial score (nSPS) is 16.8. The first-order valence-electron chi connectivity index (χ1n) is 11.2. The van der Waals surface area contributed by atoms with Crippen molar-refractivity contribution in [1.29, 1.82) is 0 Å². The highest BCUT2D eigenvalue weighted by Crippen LogP contribution is 2.31. The second kappa shape index (κ2) is 10.2. The van der Waals surface area contributed by atoms with Crippen LogP contribution in [-0.4, -0.2) is 29.2 Å². The number of hydrogen-bond acceptors (Lipinski definition) is 3. The van der Waals surface area contributed by atoms with Crippen molar-refractivity contribution in [3.63, 3.8) is 0 Å². The molecule has 1 N–H and O–H groups in total. The summed E-state index contributed by atoms with van der Waals surface area (Å²) >= 11 is 6.12. The van der Waals surface area contributed by atoms with E-state index in [0.29, 0.717) is 35.8 Å². The van der Waals surface area contributed by atoms with Crippen LogP contribution in [0.2, 0.25) is 5.02 Å². The molecule has 4 rings (SSSR count). The Morgan fingerprint density at radius 2 is 1.97 bits per heavy atom. The predicted octanol–water partition coefficient (Wildman–Crippen LogP) is 7.32. The minimum atomic E-state index is -4.56. The van der Waals surface area contributed by atoms with Gasteiger partial charge < -0.3 is 9.72 Å². The summed E-state index contributed by atoms with van der Waals surface area (Å²) in [4.78, 5) is 12.3. The molecular weight excluding hydrogens is 482 g/mol. The minimum Gasteiger partial charge on any atom is -0.473 e. The van der Waals surface area contributed by atoms with Gasteiger partial charge in [0.1, 0.15) is 11.9 Å². The van der Waals surface area contributed by atoms with E-state index in [1.165, 1.54) is 0 Å². The fraction of sp³-hybridized carbons (Fsp3) is 0.308. The van der Waals surface area contributed by atoms with Crippen LogP contribution in [0.3, 0.4) is 0 Å². The number of aromatic nitrogens is 1. The van der Waals surface area contributed by atoms with Gasteiger partial charge in [0.15, 0.2) is 5.90 Å². The highest BCUT2D eigenvalue weighted by atomic mass is 35.5. The summed E-state index contributed by atoms with van der Waals surface area (Å²) in [6, 6.07) is 8.01. The molecule has 35 heavy (non-hydrogen) atoms. The first-order chi connectivity index (χ1) is 16.6. The highest BCUT2D eigenvalue weighted by molar-refractivity contribution is 6.31. The first kappa shape index (κ1) is 25.0. The van der Waals surface area contributed by atoms with Gasteiger partial charge in [-0.2, -0.15) is 13.2 Å². The Bertz CT molecular complexity index is 1320. The lowest BCUT2D eigenvalue weighted by atomic mass is 10.1. The van der Waals surface area contributed by atoms with Gasteiger partial charge in [0, 0.05) is 28.7 Å². The summed E-state index contributed by atoms with van der Waals surface area (Å²) in [5.41, 5.74) is 2.31. The quantitative estimate of drug-likeness (QED) is 0.265. The van der Waals surface area contributed by atoms with Crippen LogP contribution in [0.25, 0.3) is 10.9 Å². The number of hydrogen-bond donors (Lipinski definition) is 1. The van der Waals surface area contributed by atoms with Gasteiger partial charge in [0.25, 0.3) is 0 Å². The summed E-state index contributed by atoms with van der Waals surface area (Å²) in [6.07, 6.45) is -0.00166. The molecule has 2 aromatic carbocycles. The number of aromatic amines is 1. The van der Waals surface area contributed by atoms with Crippen molar-refractivity contribution in [2.75, 3.05) is 6.54 Å². The Morgan fingerprint density at radius 1 is 1.17 bits per heavy atom. The van der Waals surface area contributed by atoms with Crippen LogP contribution in [0.4, 0.5) is 17.6 Å². The Hall–Kier alpha value is -3.13. The lowest BCUT2D eigenvalue weighted by Crippen LogP contribution is -2.24. The van der Waals surface area contributed by atoms with Gasteiger partial charge in [-0.3, -0.25) is 4.99 Å². The first-order valence-corrected chi connectivity index (χ1v) is 11.6. The molecule has 2 heterocycles. The molecule has 1 aromatic heterocycles. The van der Waals surface area contributed by atoms with E-state index >= 15 is 0 Å². The van der Waals surface area contributed by atoms with Gasteiger partial charge in [-0.25, -0.2) is 9.38 Å². The fourth-order valence-corrected chi connectivity index (χ4v) is 4.07. The van der Waals surface area contributed by atoms with E-state index in [-0.39, 0.29) is 24.0 Å². The van der Waals surface area contributed by atoms with Crippen LogP contribution in [0.5, 0.6) is 0 Å². The van der Waals surface area contributed by atoms with Crippen LogP contribution in [0, 0.1) is 5.82 Å². The van der Waals surface area contributed by atoms with Crippen LogP contribution < -0.4 is 0 Å². The molecule has 0 saturated carbocycles. The number of aliphatic imine (C=N–C) groups is 2. The van der Waals surface area contributed by atoms with Crippen molar-refractivity contribution in [1.82, 2.24) is 4.98 Å². The van der Waals surface area contributed by atoms with Crippen molar-refractivity contribution >= 4 is 34.1 Å². The maximum Gasteiger partial charge on any atom is 0.416 e. The van der Waals surface area contributed by atoms with E-state index in [2.05, 4.69) is 15.0 Å². The Kier molecular flexibility index (Phi) is 7.31. The molecular formula is C26H24ClF4N3O. The summed E-state index contributed by atoms with van der Waals surface area (Å²) < 4.78 is 59.2. The number of halogens is 5. The second-order valence-electron chi connectivity index (χ2n) is 8.32. The van der Waals surface area contributed by atoms with Gasteiger partial charge in [-0.05, 0) is 73.4 Å². The van der Waals surface area contributed by atoms with E-state index < -0.39 is 17.6 Å². The van der Waals surface area contributed by atoms with Crippen LogP contribution >= 0.6 is 11.6 Å². The van der Waals surface area contributed by atoms with E-state index in [4.69, 9.17) is 16.3 Å². The van der Waals surface area contributed by atoms with E-state index in [0.717, 1.165) is 34.7 Å². The number of ether oxygens (including phenoxy) is 1. The lowest BCUT2D eigenvalue weighted by molar-refractivity contribution is -0.137. The molecule has 1 aliphatic rings. The van der Waals surface area contributed by atoms with Crippen LogP contribution in [0.15, 0.2) is 64.4 Å². The SMILES string of the molecule is CCC1C=C(C(C)=NCCc2c[nH]c3ccc(Cl)cc23)N=C(Cc2cc(C(F)(F)F)ccc2F)O1. The monoisotopic (exact) mass is 505 g/mol. The average Bonchev–Trinajstić information content (AvgIpc) is 3.21. The number of H-pyrrole nitrogens is 1. The van der Waals surface area contributed by atoms with E-state index in [1.807, 2.05) is 44.3 Å². The Balaban J connectivity index is 1.51. The van der Waals surface area contributed by atoms with E-state index in [9.17, 15) is 17.6 Å². The molecule has 0 radical (unpaired) electrons. The summed E-state index contributed by atoms with van der Waals surface area (Å²) in [5.74, 6) is -0.578. The van der Waals surface area contributed by atoms with Crippen LogP contribution in [-0.2, 0) is 23.8 Å². The largest absolute Gasteiger partial charge is 0.473 e. The van der Waals surface area contributed by atoms with Gasteiger partial charge in [0.05, 0.1) is 23.4 Å². The summed E-state index contributed by atoms with van der Waals surface area (Å²) in [5, 5.41) is 1.71. The molecule has 4 nitrogen and oxygen atoms in total. The smallest absolute Gasteiger partial charge is 0.416 e. The fourth-order valence-electron chi connectivity index (χ4n) is 3.90. The molecule has 3 aromatic rings. The molecule has 1 atom stereocenters.